The van der Waals surface area contributed by atoms with E-state index in [4.69, 9.17) is 9.47 Å². The van der Waals surface area contributed by atoms with Crippen molar-refractivity contribution < 1.29 is 19.1 Å². The van der Waals surface area contributed by atoms with E-state index in [1.165, 1.54) is 0 Å². The van der Waals surface area contributed by atoms with Crippen molar-refractivity contribution >= 4 is 11.8 Å². The molecule has 4 nitrogen and oxygen atoms in total. The van der Waals surface area contributed by atoms with Crippen molar-refractivity contribution in [1.29, 1.82) is 0 Å². The standard InChI is InChI=1S/C21H24O4/c1-3-12-24-13-14-25-21(23)16(2)18-10-7-11-19(15-18)20(22)17-8-5-4-6-9-17/h4-11,15-16H,3,12-14H2,1-2H3. The molecular weight excluding hydrogens is 316 g/mol. The van der Waals surface area contributed by atoms with Gasteiger partial charge in [0.25, 0.3) is 0 Å². The van der Waals surface area contributed by atoms with Gasteiger partial charge in [-0.2, -0.15) is 0 Å². The molecule has 0 radical (unpaired) electrons. The van der Waals surface area contributed by atoms with E-state index in [1.54, 1.807) is 37.3 Å². The topological polar surface area (TPSA) is 52.6 Å². The van der Waals surface area contributed by atoms with Gasteiger partial charge in [-0.1, -0.05) is 55.5 Å². The third-order valence-electron chi connectivity index (χ3n) is 3.86. The number of esters is 1. The van der Waals surface area contributed by atoms with E-state index in [-0.39, 0.29) is 18.4 Å². The summed E-state index contributed by atoms with van der Waals surface area (Å²) in [6.45, 7) is 5.11. The average molecular weight is 340 g/mol. The molecule has 0 aliphatic carbocycles. The molecule has 2 aromatic rings. The zero-order valence-corrected chi connectivity index (χ0v) is 14.7. The number of hydrogen-bond acceptors (Lipinski definition) is 4. The van der Waals surface area contributed by atoms with Crippen molar-refractivity contribution in [2.45, 2.75) is 26.2 Å². The monoisotopic (exact) mass is 340 g/mol. The molecule has 132 valence electrons. The number of benzene rings is 2. The molecule has 0 fully saturated rings. The predicted octanol–water partition coefficient (Wildman–Crippen LogP) is 3.99. The molecule has 0 N–H and O–H groups in total. The Labute approximate surface area is 148 Å². The van der Waals surface area contributed by atoms with Gasteiger partial charge < -0.3 is 9.47 Å². The van der Waals surface area contributed by atoms with E-state index in [0.29, 0.717) is 24.3 Å². The van der Waals surface area contributed by atoms with Crippen LogP contribution in [0.25, 0.3) is 0 Å². The summed E-state index contributed by atoms with van der Waals surface area (Å²) in [7, 11) is 0. The molecular formula is C21H24O4. The van der Waals surface area contributed by atoms with E-state index in [9.17, 15) is 9.59 Å². The van der Waals surface area contributed by atoms with Gasteiger partial charge in [0.15, 0.2) is 5.78 Å². The second kappa shape index (κ2) is 9.74. The van der Waals surface area contributed by atoms with Crippen LogP contribution in [0.1, 0.15) is 47.7 Å². The number of hydrogen-bond donors (Lipinski definition) is 0. The Morgan fingerprint density at radius 3 is 2.36 bits per heavy atom. The molecule has 25 heavy (non-hydrogen) atoms. The maximum atomic E-state index is 12.5. The van der Waals surface area contributed by atoms with Crippen LogP contribution >= 0.6 is 0 Å². The Morgan fingerprint density at radius 1 is 0.920 bits per heavy atom. The molecule has 0 aliphatic rings. The molecule has 0 spiro atoms. The summed E-state index contributed by atoms with van der Waals surface area (Å²) in [5, 5.41) is 0. The van der Waals surface area contributed by atoms with Crippen LogP contribution in [0.3, 0.4) is 0 Å². The lowest BCUT2D eigenvalue weighted by Gasteiger charge is -2.13. The third kappa shape index (κ3) is 5.54. The van der Waals surface area contributed by atoms with Gasteiger partial charge in [0, 0.05) is 17.7 Å². The summed E-state index contributed by atoms with van der Waals surface area (Å²) >= 11 is 0. The second-order valence-corrected chi connectivity index (χ2v) is 5.82. The highest BCUT2D eigenvalue weighted by molar-refractivity contribution is 6.09. The van der Waals surface area contributed by atoms with Crippen molar-refractivity contribution in [1.82, 2.24) is 0 Å². The van der Waals surface area contributed by atoms with Crippen LogP contribution in [0.5, 0.6) is 0 Å². The zero-order valence-electron chi connectivity index (χ0n) is 14.7. The van der Waals surface area contributed by atoms with Gasteiger partial charge in [0.2, 0.25) is 0 Å². The van der Waals surface area contributed by atoms with E-state index in [2.05, 4.69) is 0 Å². The van der Waals surface area contributed by atoms with Crippen LogP contribution in [0.2, 0.25) is 0 Å². The van der Waals surface area contributed by atoms with Crippen molar-refractivity contribution in [3.8, 4) is 0 Å². The summed E-state index contributed by atoms with van der Waals surface area (Å²) in [4.78, 5) is 24.7. The zero-order chi connectivity index (χ0) is 18.1. The van der Waals surface area contributed by atoms with E-state index < -0.39 is 5.92 Å². The smallest absolute Gasteiger partial charge is 0.313 e. The molecule has 1 atom stereocenters. The Kier molecular flexibility index (Phi) is 7.36. The fraction of sp³-hybridized carbons (Fsp3) is 0.333. The molecule has 0 bridgehead atoms. The maximum absolute atomic E-state index is 12.5. The van der Waals surface area contributed by atoms with Crippen LogP contribution < -0.4 is 0 Å². The fourth-order valence-corrected chi connectivity index (χ4v) is 2.41. The Bertz CT molecular complexity index is 694. The first-order chi connectivity index (χ1) is 12.1. The lowest BCUT2D eigenvalue weighted by Crippen LogP contribution is -2.17. The van der Waals surface area contributed by atoms with Crippen LogP contribution in [-0.4, -0.2) is 31.6 Å². The van der Waals surface area contributed by atoms with Gasteiger partial charge in [0.1, 0.15) is 6.61 Å². The number of rotatable bonds is 9. The number of ether oxygens (including phenoxy) is 2. The van der Waals surface area contributed by atoms with E-state index in [0.717, 1.165) is 12.0 Å². The van der Waals surface area contributed by atoms with Crippen molar-refractivity contribution in [2.24, 2.45) is 0 Å². The lowest BCUT2D eigenvalue weighted by molar-refractivity contribution is -0.146. The quantitative estimate of drug-likeness (QED) is 0.393. The average Bonchev–Trinajstić information content (AvgIpc) is 2.67. The summed E-state index contributed by atoms with van der Waals surface area (Å²) in [5.41, 5.74) is 1.96. The molecule has 1 unspecified atom stereocenters. The normalized spacial score (nSPS) is 11.8. The summed E-state index contributed by atoms with van der Waals surface area (Å²) in [6, 6.07) is 16.2. The summed E-state index contributed by atoms with van der Waals surface area (Å²) in [6.07, 6.45) is 0.937. The summed E-state index contributed by atoms with van der Waals surface area (Å²) in [5.74, 6) is -0.810. The number of ketones is 1. The first-order valence-electron chi connectivity index (χ1n) is 8.57. The van der Waals surface area contributed by atoms with Crippen molar-refractivity contribution in [2.75, 3.05) is 19.8 Å². The van der Waals surface area contributed by atoms with Crippen LogP contribution in [0.4, 0.5) is 0 Å². The molecule has 0 saturated heterocycles. The minimum atomic E-state index is -0.435. The Morgan fingerprint density at radius 2 is 1.64 bits per heavy atom. The highest BCUT2D eigenvalue weighted by Crippen LogP contribution is 2.20. The predicted molar refractivity (Wildman–Crippen MR) is 96.8 cm³/mol. The molecule has 2 rings (SSSR count). The van der Waals surface area contributed by atoms with Crippen molar-refractivity contribution in [3.63, 3.8) is 0 Å². The minimum Gasteiger partial charge on any atom is -0.463 e. The number of carbonyl (C=O) groups excluding carboxylic acids is 2. The molecule has 4 heteroatoms. The van der Waals surface area contributed by atoms with Crippen LogP contribution in [0, 0.1) is 0 Å². The SMILES string of the molecule is CCCOCCOC(=O)C(C)c1cccc(C(=O)c2ccccc2)c1. The molecule has 0 aromatic heterocycles. The third-order valence-corrected chi connectivity index (χ3v) is 3.86. The van der Waals surface area contributed by atoms with Gasteiger partial charge in [-0.3, -0.25) is 9.59 Å². The Balaban J connectivity index is 2.00. The van der Waals surface area contributed by atoms with Gasteiger partial charge in [0.05, 0.1) is 12.5 Å². The minimum absolute atomic E-state index is 0.0593. The van der Waals surface area contributed by atoms with E-state index >= 15 is 0 Å². The first kappa shape index (κ1) is 18.9. The van der Waals surface area contributed by atoms with Gasteiger partial charge >= 0.3 is 5.97 Å². The molecule has 0 heterocycles. The van der Waals surface area contributed by atoms with Gasteiger partial charge in [-0.15, -0.1) is 0 Å². The lowest BCUT2D eigenvalue weighted by atomic mass is 9.96. The van der Waals surface area contributed by atoms with Crippen LogP contribution in [0.15, 0.2) is 54.6 Å². The molecule has 2 aromatic carbocycles. The second-order valence-electron chi connectivity index (χ2n) is 5.82. The van der Waals surface area contributed by atoms with Crippen molar-refractivity contribution in [3.05, 3.63) is 71.3 Å². The maximum Gasteiger partial charge on any atom is 0.313 e. The highest BCUT2D eigenvalue weighted by atomic mass is 16.6. The number of carbonyl (C=O) groups is 2. The molecule has 0 saturated carbocycles. The highest BCUT2D eigenvalue weighted by Gasteiger charge is 2.18. The van der Waals surface area contributed by atoms with Crippen LogP contribution in [-0.2, 0) is 14.3 Å². The summed E-state index contributed by atoms with van der Waals surface area (Å²) < 4.78 is 10.5. The largest absolute Gasteiger partial charge is 0.463 e. The molecule has 0 amide bonds. The van der Waals surface area contributed by atoms with Gasteiger partial charge in [-0.25, -0.2) is 0 Å². The molecule has 0 aliphatic heterocycles. The Hall–Kier alpha value is -2.46. The van der Waals surface area contributed by atoms with Gasteiger partial charge in [-0.05, 0) is 25.0 Å². The van der Waals surface area contributed by atoms with E-state index in [1.807, 2.05) is 31.2 Å². The first-order valence-corrected chi connectivity index (χ1v) is 8.57. The fourth-order valence-electron chi connectivity index (χ4n) is 2.41.